The third kappa shape index (κ3) is 4.47. The first-order valence-corrected chi connectivity index (χ1v) is 6.46. The van der Waals surface area contributed by atoms with E-state index in [0.29, 0.717) is 19.0 Å². The van der Waals surface area contributed by atoms with E-state index in [9.17, 15) is 4.39 Å². The minimum atomic E-state index is -0.203. The Labute approximate surface area is 136 Å². The van der Waals surface area contributed by atoms with E-state index in [4.69, 9.17) is 5.73 Å². The van der Waals surface area contributed by atoms with Gasteiger partial charge in [0.25, 0.3) is 0 Å². The predicted octanol–water partition coefficient (Wildman–Crippen LogP) is 2.96. The minimum Gasteiger partial charge on any atom is -0.370 e. The summed E-state index contributed by atoms with van der Waals surface area (Å²) in [7, 11) is 0. The van der Waals surface area contributed by atoms with Crippen molar-refractivity contribution in [3.8, 4) is 0 Å². The average Bonchev–Trinajstić information content (AvgIpc) is 3.16. The number of rotatable bonds is 5. The highest BCUT2D eigenvalue weighted by Gasteiger charge is 2.44. The zero-order valence-electron chi connectivity index (χ0n) is 11.7. The highest BCUT2D eigenvalue weighted by atomic mass is 127. The monoisotopic (exact) mass is 389 g/mol. The first-order valence-electron chi connectivity index (χ1n) is 6.46. The van der Waals surface area contributed by atoms with Crippen molar-refractivity contribution in [1.29, 1.82) is 0 Å². The second-order valence-corrected chi connectivity index (χ2v) is 5.30. The van der Waals surface area contributed by atoms with Crippen molar-refractivity contribution in [3.63, 3.8) is 0 Å². The van der Waals surface area contributed by atoms with Crippen LogP contribution in [0.4, 0.5) is 4.39 Å². The summed E-state index contributed by atoms with van der Waals surface area (Å²) >= 11 is 0. The largest absolute Gasteiger partial charge is 0.370 e. The molecule has 0 bridgehead atoms. The summed E-state index contributed by atoms with van der Waals surface area (Å²) in [5, 5.41) is 3.01. The molecule has 1 aliphatic carbocycles. The number of aliphatic imine (C=N–C) groups is 1. The summed E-state index contributed by atoms with van der Waals surface area (Å²) in [6, 6.07) is 6.69. The maximum absolute atomic E-state index is 12.9. The standard InChI is InChI=1S/C15H20FN3.HI/c1-11(2)9-18-14(17)19-10-15(7-8-15)12-3-5-13(16)6-4-12;/h3-6H,1,7-10H2,2H3,(H3,17,18,19);1H. The maximum Gasteiger partial charge on any atom is 0.188 e. The molecule has 0 radical (unpaired) electrons. The average molecular weight is 389 g/mol. The van der Waals surface area contributed by atoms with Gasteiger partial charge in [-0.15, -0.1) is 24.0 Å². The van der Waals surface area contributed by atoms with Crippen LogP contribution in [0.15, 0.2) is 41.4 Å². The van der Waals surface area contributed by atoms with Gasteiger partial charge in [-0.05, 0) is 37.5 Å². The zero-order valence-corrected chi connectivity index (χ0v) is 14.0. The Morgan fingerprint density at radius 1 is 1.40 bits per heavy atom. The lowest BCUT2D eigenvalue weighted by Gasteiger charge is -2.13. The second kappa shape index (κ2) is 7.06. The first kappa shape index (κ1) is 16.9. The molecule has 1 aromatic carbocycles. The molecule has 1 saturated carbocycles. The van der Waals surface area contributed by atoms with Crippen molar-refractivity contribution in [1.82, 2.24) is 5.32 Å². The third-order valence-corrected chi connectivity index (χ3v) is 3.43. The minimum absolute atomic E-state index is 0. The lowest BCUT2D eigenvalue weighted by atomic mass is 9.96. The lowest BCUT2D eigenvalue weighted by Crippen LogP contribution is -2.33. The van der Waals surface area contributed by atoms with Crippen LogP contribution in [0.5, 0.6) is 0 Å². The summed E-state index contributed by atoms with van der Waals surface area (Å²) in [6.07, 6.45) is 2.16. The van der Waals surface area contributed by atoms with E-state index in [0.717, 1.165) is 24.0 Å². The van der Waals surface area contributed by atoms with Gasteiger partial charge in [-0.1, -0.05) is 24.3 Å². The summed E-state index contributed by atoms with van der Waals surface area (Å²) in [6.45, 7) is 7.01. The number of halogens is 2. The number of hydrogen-bond donors (Lipinski definition) is 2. The van der Waals surface area contributed by atoms with Gasteiger partial charge in [0.15, 0.2) is 5.96 Å². The molecule has 0 unspecified atom stereocenters. The summed E-state index contributed by atoms with van der Waals surface area (Å²) < 4.78 is 12.9. The molecule has 0 aliphatic heterocycles. The normalized spacial score (nSPS) is 16.2. The molecule has 0 amide bonds. The number of guanidine groups is 1. The van der Waals surface area contributed by atoms with Crippen molar-refractivity contribution in [2.75, 3.05) is 13.1 Å². The molecule has 3 nitrogen and oxygen atoms in total. The van der Waals surface area contributed by atoms with Gasteiger partial charge in [0, 0.05) is 12.0 Å². The predicted molar refractivity (Wildman–Crippen MR) is 92.0 cm³/mol. The fourth-order valence-electron chi connectivity index (χ4n) is 2.03. The van der Waals surface area contributed by atoms with E-state index in [1.807, 2.05) is 19.1 Å². The van der Waals surface area contributed by atoms with Crippen LogP contribution in [0.1, 0.15) is 25.3 Å². The molecule has 1 aliphatic rings. The Bertz CT molecular complexity index is 492. The summed E-state index contributed by atoms with van der Waals surface area (Å²) in [5.74, 6) is 0.238. The highest BCUT2D eigenvalue weighted by molar-refractivity contribution is 14.0. The Hall–Kier alpha value is -1.11. The van der Waals surface area contributed by atoms with Gasteiger partial charge in [-0.3, -0.25) is 4.99 Å². The molecular weight excluding hydrogens is 368 g/mol. The molecule has 20 heavy (non-hydrogen) atoms. The van der Waals surface area contributed by atoms with E-state index in [1.165, 1.54) is 12.1 Å². The van der Waals surface area contributed by atoms with Crippen LogP contribution in [0.3, 0.4) is 0 Å². The molecule has 3 N–H and O–H groups in total. The smallest absolute Gasteiger partial charge is 0.188 e. The molecule has 0 spiro atoms. The maximum atomic E-state index is 12.9. The van der Waals surface area contributed by atoms with Crippen LogP contribution in [-0.4, -0.2) is 19.0 Å². The number of nitrogens with zero attached hydrogens (tertiary/aromatic N) is 1. The Morgan fingerprint density at radius 3 is 2.50 bits per heavy atom. The number of hydrogen-bond acceptors (Lipinski definition) is 1. The Balaban J connectivity index is 0.00000200. The van der Waals surface area contributed by atoms with Gasteiger partial charge in [0.1, 0.15) is 5.82 Å². The van der Waals surface area contributed by atoms with Crippen LogP contribution in [-0.2, 0) is 5.41 Å². The van der Waals surface area contributed by atoms with E-state index < -0.39 is 0 Å². The number of nitrogens with one attached hydrogen (secondary N) is 1. The van der Waals surface area contributed by atoms with Crippen molar-refractivity contribution >= 4 is 29.9 Å². The van der Waals surface area contributed by atoms with Gasteiger partial charge in [-0.25, -0.2) is 4.39 Å². The highest BCUT2D eigenvalue weighted by Crippen LogP contribution is 2.48. The van der Waals surface area contributed by atoms with Crippen LogP contribution in [0, 0.1) is 5.82 Å². The van der Waals surface area contributed by atoms with Gasteiger partial charge in [-0.2, -0.15) is 0 Å². The molecule has 1 aromatic rings. The fraction of sp³-hybridized carbons (Fsp3) is 0.400. The Kier molecular flexibility index (Phi) is 5.98. The molecule has 110 valence electrons. The molecular formula is C15H21FIN3. The molecule has 0 atom stereocenters. The number of benzene rings is 1. The fourth-order valence-corrected chi connectivity index (χ4v) is 2.03. The van der Waals surface area contributed by atoms with E-state index in [2.05, 4.69) is 16.9 Å². The molecule has 1 fully saturated rings. The zero-order chi connectivity index (χ0) is 13.9. The topological polar surface area (TPSA) is 50.4 Å². The van der Waals surface area contributed by atoms with Gasteiger partial charge < -0.3 is 11.1 Å². The van der Waals surface area contributed by atoms with Crippen molar-refractivity contribution in [3.05, 3.63) is 47.8 Å². The van der Waals surface area contributed by atoms with Gasteiger partial charge in [0.05, 0.1) is 6.54 Å². The second-order valence-electron chi connectivity index (χ2n) is 5.30. The lowest BCUT2D eigenvalue weighted by molar-refractivity contribution is 0.623. The van der Waals surface area contributed by atoms with Crippen molar-refractivity contribution in [2.45, 2.75) is 25.2 Å². The van der Waals surface area contributed by atoms with Gasteiger partial charge >= 0.3 is 0 Å². The first-order chi connectivity index (χ1) is 9.02. The van der Waals surface area contributed by atoms with E-state index in [1.54, 1.807) is 0 Å². The van der Waals surface area contributed by atoms with Crippen LogP contribution >= 0.6 is 24.0 Å². The van der Waals surface area contributed by atoms with Gasteiger partial charge in [0.2, 0.25) is 0 Å². The molecule has 0 aromatic heterocycles. The van der Waals surface area contributed by atoms with Crippen LogP contribution in [0.25, 0.3) is 0 Å². The summed E-state index contributed by atoms with van der Waals surface area (Å²) in [4.78, 5) is 4.38. The Morgan fingerprint density at radius 2 is 2.00 bits per heavy atom. The number of nitrogens with two attached hydrogens (primary N) is 1. The molecule has 2 rings (SSSR count). The molecule has 0 heterocycles. The van der Waals surface area contributed by atoms with Crippen molar-refractivity contribution in [2.24, 2.45) is 10.7 Å². The van der Waals surface area contributed by atoms with Crippen molar-refractivity contribution < 1.29 is 4.39 Å². The van der Waals surface area contributed by atoms with Crippen LogP contribution in [0.2, 0.25) is 0 Å². The molecule has 0 saturated heterocycles. The van der Waals surface area contributed by atoms with Crippen LogP contribution < -0.4 is 11.1 Å². The van der Waals surface area contributed by atoms with E-state index in [-0.39, 0.29) is 35.2 Å². The summed E-state index contributed by atoms with van der Waals surface area (Å²) in [5.41, 5.74) is 8.01. The third-order valence-electron chi connectivity index (χ3n) is 3.43. The quantitative estimate of drug-likeness (QED) is 0.352. The van der Waals surface area contributed by atoms with E-state index >= 15 is 0 Å². The SMILES string of the molecule is C=C(C)CNC(N)=NCC1(c2ccc(F)cc2)CC1.I. The molecule has 5 heteroatoms.